The Kier molecular flexibility index (Phi) is 6.15. The number of nitrogens with zero attached hydrogens (tertiary/aromatic N) is 3. The van der Waals surface area contributed by atoms with Crippen molar-refractivity contribution < 1.29 is 0 Å². The van der Waals surface area contributed by atoms with Gasteiger partial charge in [-0.2, -0.15) is 0 Å². The first-order valence-corrected chi connectivity index (χ1v) is 13.4. The minimum atomic E-state index is 0.651. The molecule has 0 aliphatic heterocycles. The van der Waals surface area contributed by atoms with Crippen molar-refractivity contribution in [2.45, 2.75) is 0 Å². The van der Waals surface area contributed by atoms with Gasteiger partial charge in [0.2, 0.25) is 0 Å². The predicted molar refractivity (Wildman–Crippen MR) is 165 cm³/mol. The molecule has 0 saturated heterocycles. The summed E-state index contributed by atoms with van der Waals surface area (Å²) in [6.07, 6.45) is 0. The van der Waals surface area contributed by atoms with E-state index >= 15 is 0 Å². The first kappa shape index (κ1) is 23.7. The second kappa shape index (κ2) is 10.4. The summed E-state index contributed by atoms with van der Waals surface area (Å²) >= 11 is 0. The zero-order valence-corrected chi connectivity index (χ0v) is 21.8. The van der Waals surface area contributed by atoms with Gasteiger partial charge < -0.3 is 0 Å². The van der Waals surface area contributed by atoms with E-state index < -0.39 is 0 Å². The van der Waals surface area contributed by atoms with Gasteiger partial charge in [-0.1, -0.05) is 133 Å². The number of benzene rings is 6. The van der Waals surface area contributed by atoms with Gasteiger partial charge in [0.15, 0.2) is 17.5 Å². The molecule has 0 bridgehead atoms. The van der Waals surface area contributed by atoms with Crippen LogP contribution in [0.5, 0.6) is 0 Å². The second-order valence-corrected chi connectivity index (χ2v) is 9.73. The SMILES string of the molecule is c1ccc(-c2cc(-c3cccc(-c4nc(-c5ccccc5)nc(-c5ccccc5)n4)c3)c3ccccc3c2)cc1. The van der Waals surface area contributed by atoms with Crippen LogP contribution in [0.25, 0.3) is 67.2 Å². The lowest BCUT2D eigenvalue weighted by Crippen LogP contribution is -2.00. The third-order valence-electron chi connectivity index (χ3n) is 7.10. The van der Waals surface area contributed by atoms with Crippen LogP contribution in [0.4, 0.5) is 0 Å². The van der Waals surface area contributed by atoms with Crippen molar-refractivity contribution in [1.82, 2.24) is 15.0 Å². The Hall–Kier alpha value is -5.41. The van der Waals surface area contributed by atoms with E-state index in [0.29, 0.717) is 17.5 Å². The quantitative estimate of drug-likeness (QED) is 0.231. The molecule has 0 aliphatic rings. The number of fused-ring (bicyclic) bond motifs is 1. The maximum atomic E-state index is 4.94. The van der Waals surface area contributed by atoms with Crippen molar-refractivity contribution in [3.8, 4) is 56.4 Å². The summed E-state index contributed by atoms with van der Waals surface area (Å²) < 4.78 is 0. The van der Waals surface area contributed by atoms with Gasteiger partial charge in [0.1, 0.15) is 0 Å². The Morgan fingerprint density at radius 3 is 1.40 bits per heavy atom. The predicted octanol–water partition coefficient (Wildman–Crippen LogP) is 9.36. The highest BCUT2D eigenvalue weighted by molar-refractivity contribution is 6.00. The Morgan fingerprint density at radius 1 is 0.300 bits per heavy atom. The van der Waals surface area contributed by atoms with Gasteiger partial charge in [0.05, 0.1) is 0 Å². The van der Waals surface area contributed by atoms with Gasteiger partial charge in [-0.15, -0.1) is 0 Å². The first-order chi connectivity index (χ1) is 19.8. The molecule has 1 heterocycles. The Morgan fingerprint density at radius 2 is 0.775 bits per heavy atom. The lowest BCUT2D eigenvalue weighted by molar-refractivity contribution is 1.07. The fourth-order valence-corrected chi connectivity index (χ4v) is 5.11. The molecule has 6 aromatic carbocycles. The van der Waals surface area contributed by atoms with E-state index in [1.54, 1.807) is 0 Å². The van der Waals surface area contributed by atoms with Gasteiger partial charge in [0.25, 0.3) is 0 Å². The molecule has 3 nitrogen and oxygen atoms in total. The summed E-state index contributed by atoms with van der Waals surface area (Å²) in [5.74, 6) is 1.97. The van der Waals surface area contributed by atoms with E-state index in [-0.39, 0.29) is 0 Å². The molecule has 3 heteroatoms. The van der Waals surface area contributed by atoms with Gasteiger partial charge >= 0.3 is 0 Å². The molecule has 40 heavy (non-hydrogen) atoms. The van der Waals surface area contributed by atoms with Crippen LogP contribution < -0.4 is 0 Å². The summed E-state index contributed by atoms with van der Waals surface area (Å²) in [6.45, 7) is 0. The van der Waals surface area contributed by atoms with E-state index in [2.05, 4.69) is 91.0 Å². The Bertz CT molecular complexity index is 1870. The molecule has 0 amide bonds. The molecule has 1 aromatic heterocycles. The fourth-order valence-electron chi connectivity index (χ4n) is 5.11. The Labute approximate surface area is 233 Å². The minimum absolute atomic E-state index is 0.651. The zero-order valence-electron chi connectivity index (χ0n) is 21.8. The fraction of sp³-hybridized carbons (Fsp3) is 0. The van der Waals surface area contributed by atoms with E-state index in [9.17, 15) is 0 Å². The van der Waals surface area contributed by atoms with E-state index in [0.717, 1.165) is 22.3 Å². The van der Waals surface area contributed by atoms with E-state index in [4.69, 9.17) is 15.0 Å². The monoisotopic (exact) mass is 511 g/mol. The number of hydrogen-bond acceptors (Lipinski definition) is 3. The summed E-state index contributed by atoms with van der Waals surface area (Å²) in [6, 6.07) is 52.3. The normalized spacial score (nSPS) is 11.0. The highest BCUT2D eigenvalue weighted by Gasteiger charge is 2.14. The molecule has 0 atom stereocenters. The van der Waals surface area contributed by atoms with Crippen molar-refractivity contribution in [2.75, 3.05) is 0 Å². The molecule has 0 radical (unpaired) electrons. The number of rotatable bonds is 5. The standard InChI is InChI=1S/C37H25N3/c1-4-13-26(14-5-1)32-24-29-19-10-11-22-33(29)34(25-32)30-20-12-21-31(23-30)37-39-35(27-15-6-2-7-16-27)38-36(40-37)28-17-8-3-9-18-28/h1-25H. The minimum Gasteiger partial charge on any atom is -0.208 e. The lowest BCUT2D eigenvalue weighted by atomic mass is 9.92. The van der Waals surface area contributed by atoms with Crippen molar-refractivity contribution in [3.63, 3.8) is 0 Å². The van der Waals surface area contributed by atoms with Crippen molar-refractivity contribution in [3.05, 3.63) is 152 Å². The summed E-state index contributed by atoms with van der Waals surface area (Å²) in [7, 11) is 0. The van der Waals surface area contributed by atoms with Crippen molar-refractivity contribution in [2.24, 2.45) is 0 Å². The van der Waals surface area contributed by atoms with Gasteiger partial charge in [0, 0.05) is 16.7 Å². The summed E-state index contributed by atoms with van der Waals surface area (Å²) in [5, 5.41) is 2.42. The van der Waals surface area contributed by atoms with Crippen LogP contribution in [0.3, 0.4) is 0 Å². The molecule has 7 aromatic rings. The first-order valence-electron chi connectivity index (χ1n) is 13.4. The third-order valence-corrected chi connectivity index (χ3v) is 7.10. The highest BCUT2D eigenvalue weighted by atomic mass is 15.0. The van der Waals surface area contributed by atoms with Crippen LogP contribution in [0.1, 0.15) is 0 Å². The smallest absolute Gasteiger partial charge is 0.164 e. The maximum absolute atomic E-state index is 4.94. The Balaban J connectivity index is 1.40. The van der Waals surface area contributed by atoms with E-state index in [1.165, 1.54) is 27.5 Å². The summed E-state index contributed by atoms with van der Waals surface area (Å²) in [5.41, 5.74) is 7.56. The molecular formula is C37H25N3. The van der Waals surface area contributed by atoms with Crippen LogP contribution >= 0.6 is 0 Å². The zero-order chi connectivity index (χ0) is 26.7. The van der Waals surface area contributed by atoms with Crippen LogP contribution in [0, 0.1) is 0 Å². The van der Waals surface area contributed by atoms with E-state index in [1.807, 2.05) is 60.7 Å². The third kappa shape index (κ3) is 4.65. The average Bonchev–Trinajstić information content (AvgIpc) is 3.05. The molecule has 0 saturated carbocycles. The number of aromatic nitrogens is 3. The molecule has 0 fully saturated rings. The van der Waals surface area contributed by atoms with Gasteiger partial charge in [-0.3, -0.25) is 0 Å². The van der Waals surface area contributed by atoms with Crippen molar-refractivity contribution in [1.29, 1.82) is 0 Å². The van der Waals surface area contributed by atoms with Crippen molar-refractivity contribution >= 4 is 10.8 Å². The molecule has 188 valence electrons. The van der Waals surface area contributed by atoms with Gasteiger partial charge in [-0.05, 0) is 51.2 Å². The second-order valence-electron chi connectivity index (χ2n) is 9.73. The molecule has 0 unspecified atom stereocenters. The van der Waals surface area contributed by atoms with Crippen LogP contribution in [-0.2, 0) is 0 Å². The summed E-state index contributed by atoms with van der Waals surface area (Å²) in [4.78, 5) is 14.7. The molecule has 7 rings (SSSR count). The molecular weight excluding hydrogens is 486 g/mol. The lowest BCUT2D eigenvalue weighted by Gasteiger charge is -2.13. The van der Waals surface area contributed by atoms with Crippen LogP contribution in [-0.4, -0.2) is 15.0 Å². The topological polar surface area (TPSA) is 38.7 Å². The highest BCUT2D eigenvalue weighted by Crippen LogP contribution is 2.36. The number of hydrogen-bond donors (Lipinski definition) is 0. The molecule has 0 N–H and O–H groups in total. The maximum Gasteiger partial charge on any atom is 0.164 e. The molecule has 0 spiro atoms. The molecule has 0 aliphatic carbocycles. The largest absolute Gasteiger partial charge is 0.208 e. The van der Waals surface area contributed by atoms with Crippen LogP contribution in [0.2, 0.25) is 0 Å². The average molecular weight is 512 g/mol. The van der Waals surface area contributed by atoms with Gasteiger partial charge in [-0.25, -0.2) is 15.0 Å². The van der Waals surface area contributed by atoms with Crippen LogP contribution in [0.15, 0.2) is 152 Å².